The third-order valence-corrected chi connectivity index (χ3v) is 5.26. The minimum Gasteiger partial charge on any atom is -0.326 e. The average Bonchev–Trinajstić information content (AvgIpc) is 2.45. The highest BCUT2D eigenvalue weighted by Crippen LogP contribution is 2.39. The van der Waals surface area contributed by atoms with Crippen LogP contribution in [-0.2, 0) is 0 Å². The van der Waals surface area contributed by atoms with E-state index in [0.29, 0.717) is 0 Å². The third kappa shape index (κ3) is 4.26. The number of thioether (sulfide) groups is 1. The molecule has 1 nitrogen and oxygen atoms in total. The molecule has 0 aliphatic rings. The largest absolute Gasteiger partial charge is 0.326 e. The zero-order valence-electron chi connectivity index (χ0n) is 11.2. The van der Waals surface area contributed by atoms with E-state index in [1.54, 1.807) is 11.8 Å². The second-order valence-electron chi connectivity index (χ2n) is 4.62. The van der Waals surface area contributed by atoms with Crippen molar-refractivity contribution < 1.29 is 0 Å². The van der Waals surface area contributed by atoms with E-state index in [1.807, 2.05) is 24.3 Å². The molecule has 0 saturated heterocycles. The molecular formula is C16H17BrClNS. The van der Waals surface area contributed by atoms with Gasteiger partial charge in [0, 0.05) is 25.7 Å². The quantitative estimate of drug-likeness (QED) is 0.686. The summed E-state index contributed by atoms with van der Waals surface area (Å²) in [5.41, 5.74) is 7.52. The lowest BCUT2D eigenvalue weighted by Crippen LogP contribution is -2.25. The first kappa shape index (κ1) is 15.9. The fraction of sp³-hybridized carbons (Fsp3) is 0.250. The van der Waals surface area contributed by atoms with Gasteiger partial charge in [0.1, 0.15) is 0 Å². The summed E-state index contributed by atoms with van der Waals surface area (Å²) in [7, 11) is 0. The molecule has 20 heavy (non-hydrogen) atoms. The highest BCUT2D eigenvalue weighted by atomic mass is 79.9. The second-order valence-corrected chi connectivity index (χ2v) is 7.19. The van der Waals surface area contributed by atoms with Crippen LogP contribution in [0.15, 0.2) is 57.9 Å². The molecule has 0 aliphatic carbocycles. The van der Waals surface area contributed by atoms with Crippen molar-refractivity contribution in [1.82, 2.24) is 0 Å². The Kier molecular flexibility index (Phi) is 5.97. The van der Waals surface area contributed by atoms with Crippen LogP contribution in [0.3, 0.4) is 0 Å². The molecule has 4 heteroatoms. The molecule has 0 aliphatic heterocycles. The van der Waals surface area contributed by atoms with Crippen LogP contribution in [0.25, 0.3) is 0 Å². The monoisotopic (exact) mass is 369 g/mol. The van der Waals surface area contributed by atoms with Crippen molar-refractivity contribution in [2.45, 2.75) is 29.5 Å². The fourth-order valence-corrected chi connectivity index (χ4v) is 3.94. The van der Waals surface area contributed by atoms with Crippen molar-refractivity contribution in [3.63, 3.8) is 0 Å². The van der Waals surface area contributed by atoms with Gasteiger partial charge in [0.25, 0.3) is 0 Å². The second kappa shape index (κ2) is 7.51. The van der Waals surface area contributed by atoms with E-state index in [-0.39, 0.29) is 11.3 Å². The first-order valence-electron chi connectivity index (χ1n) is 6.53. The van der Waals surface area contributed by atoms with Crippen LogP contribution in [0, 0.1) is 0 Å². The van der Waals surface area contributed by atoms with Gasteiger partial charge in [0.15, 0.2) is 0 Å². The molecule has 0 bridgehead atoms. The molecule has 0 heterocycles. The molecule has 2 unspecified atom stereocenters. The Morgan fingerprint density at radius 3 is 2.50 bits per heavy atom. The van der Waals surface area contributed by atoms with Crippen LogP contribution in [0.4, 0.5) is 0 Å². The van der Waals surface area contributed by atoms with Gasteiger partial charge < -0.3 is 5.73 Å². The van der Waals surface area contributed by atoms with Crippen molar-refractivity contribution >= 4 is 39.3 Å². The molecule has 2 atom stereocenters. The van der Waals surface area contributed by atoms with E-state index < -0.39 is 0 Å². The van der Waals surface area contributed by atoms with Crippen LogP contribution in [0.1, 0.15) is 24.2 Å². The summed E-state index contributed by atoms with van der Waals surface area (Å²) in [5, 5.41) is 0.983. The van der Waals surface area contributed by atoms with Gasteiger partial charge in [-0.3, -0.25) is 0 Å². The third-order valence-electron chi connectivity index (χ3n) is 3.12. The number of rotatable bonds is 5. The Bertz CT molecular complexity index is 559. The number of hydrogen-bond acceptors (Lipinski definition) is 2. The standard InChI is InChI=1S/C16H17BrClNS/c1-2-15(19)16(11-6-8-13(18)9-7-11)20-14-5-3-4-12(17)10-14/h3-10,15-16H,2,19H2,1H3. The number of hydrogen-bond donors (Lipinski definition) is 1. The molecule has 2 N–H and O–H groups in total. The first-order valence-corrected chi connectivity index (χ1v) is 8.58. The van der Waals surface area contributed by atoms with Crippen molar-refractivity contribution in [2.24, 2.45) is 5.73 Å². The van der Waals surface area contributed by atoms with Gasteiger partial charge in [-0.15, -0.1) is 11.8 Å². The summed E-state index contributed by atoms with van der Waals surface area (Å²) < 4.78 is 1.09. The van der Waals surface area contributed by atoms with Crippen molar-refractivity contribution in [1.29, 1.82) is 0 Å². The van der Waals surface area contributed by atoms with E-state index in [9.17, 15) is 0 Å². The Balaban J connectivity index is 2.26. The molecule has 0 radical (unpaired) electrons. The van der Waals surface area contributed by atoms with Crippen LogP contribution < -0.4 is 5.73 Å². The van der Waals surface area contributed by atoms with Crippen LogP contribution in [-0.4, -0.2) is 6.04 Å². The topological polar surface area (TPSA) is 26.0 Å². The lowest BCUT2D eigenvalue weighted by atomic mass is 10.0. The molecule has 2 aromatic carbocycles. The minimum atomic E-state index is 0.111. The van der Waals surface area contributed by atoms with Gasteiger partial charge in [-0.25, -0.2) is 0 Å². The van der Waals surface area contributed by atoms with Crippen LogP contribution >= 0.6 is 39.3 Å². The van der Waals surface area contributed by atoms with Gasteiger partial charge in [-0.05, 0) is 42.3 Å². The summed E-state index contributed by atoms with van der Waals surface area (Å²) in [4.78, 5) is 1.21. The summed E-state index contributed by atoms with van der Waals surface area (Å²) in [6.07, 6.45) is 0.939. The summed E-state index contributed by atoms with van der Waals surface area (Å²) in [6.45, 7) is 2.12. The van der Waals surface area contributed by atoms with E-state index in [4.69, 9.17) is 17.3 Å². The van der Waals surface area contributed by atoms with Gasteiger partial charge in [-0.1, -0.05) is 52.7 Å². The average molecular weight is 371 g/mol. The Morgan fingerprint density at radius 1 is 1.20 bits per heavy atom. The number of halogens is 2. The van der Waals surface area contributed by atoms with Crippen molar-refractivity contribution in [3.05, 3.63) is 63.6 Å². The Hall–Kier alpha value is -0.480. The number of nitrogens with two attached hydrogens (primary N) is 1. The van der Waals surface area contributed by atoms with E-state index >= 15 is 0 Å². The molecule has 106 valence electrons. The van der Waals surface area contributed by atoms with Crippen LogP contribution in [0.2, 0.25) is 5.02 Å². The molecular weight excluding hydrogens is 354 g/mol. The molecule has 0 spiro atoms. The molecule has 0 aromatic heterocycles. The maximum atomic E-state index is 6.31. The van der Waals surface area contributed by atoms with Gasteiger partial charge in [0.2, 0.25) is 0 Å². The smallest absolute Gasteiger partial charge is 0.0495 e. The maximum Gasteiger partial charge on any atom is 0.0495 e. The van der Waals surface area contributed by atoms with Crippen LogP contribution in [0.5, 0.6) is 0 Å². The zero-order chi connectivity index (χ0) is 14.5. The Labute approximate surface area is 138 Å². The highest BCUT2D eigenvalue weighted by Gasteiger charge is 2.20. The molecule has 0 amide bonds. The van der Waals surface area contributed by atoms with E-state index in [1.165, 1.54) is 10.5 Å². The fourth-order valence-electron chi connectivity index (χ4n) is 1.96. The predicted molar refractivity (Wildman–Crippen MR) is 92.5 cm³/mol. The summed E-state index contributed by atoms with van der Waals surface area (Å²) in [5.74, 6) is 0. The summed E-state index contributed by atoms with van der Waals surface area (Å²) in [6, 6.07) is 16.4. The summed E-state index contributed by atoms with van der Waals surface area (Å²) >= 11 is 11.3. The molecule has 2 rings (SSSR count). The minimum absolute atomic E-state index is 0.111. The molecule has 0 saturated carbocycles. The van der Waals surface area contributed by atoms with Crippen molar-refractivity contribution in [3.8, 4) is 0 Å². The normalized spacial score (nSPS) is 14.0. The molecule has 2 aromatic rings. The van der Waals surface area contributed by atoms with E-state index in [0.717, 1.165) is 15.9 Å². The maximum absolute atomic E-state index is 6.31. The number of benzene rings is 2. The highest BCUT2D eigenvalue weighted by molar-refractivity contribution is 9.10. The zero-order valence-corrected chi connectivity index (χ0v) is 14.4. The SMILES string of the molecule is CCC(N)C(Sc1cccc(Br)c1)c1ccc(Cl)cc1. The van der Waals surface area contributed by atoms with Gasteiger partial charge in [-0.2, -0.15) is 0 Å². The van der Waals surface area contributed by atoms with Gasteiger partial charge >= 0.3 is 0 Å². The van der Waals surface area contributed by atoms with Gasteiger partial charge in [0.05, 0.1) is 0 Å². The lowest BCUT2D eigenvalue weighted by molar-refractivity contribution is 0.634. The Morgan fingerprint density at radius 2 is 1.90 bits per heavy atom. The predicted octanol–water partition coefficient (Wildman–Crippen LogP) is 5.67. The van der Waals surface area contributed by atoms with E-state index in [2.05, 4.69) is 47.1 Å². The lowest BCUT2D eigenvalue weighted by Gasteiger charge is -2.23. The first-order chi connectivity index (χ1) is 9.60. The molecule has 0 fully saturated rings. The van der Waals surface area contributed by atoms with Crippen molar-refractivity contribution in [2.75, 3.05) is 0 Å².